The molecule has 2 amide bonds. The molecule has 0 aliphatic heterocycles. The maximum absolute atomic E-state index is 13.2. The summed E-state index contributed by atoms with van der Waals surface area (Å²) in [6.45, 7) is 0. The number of nitrogens with one attached hydrogen (secondary N) is 1. The molecule has 3 N–H and O–H groups in total. The van der Waals surface area contributed by atoms with Gasteiger partial charge in [0.25, 0.3) is 0 Å². The van der Waals surface area contributed by atoms with Gasteiger partial charge in [-0.1, -0.05) is 78.9 Å². The standard InChI is InChI=1S/C24H24N2O4S/c25-23(27)21(16-17-31(29,30)20-14-8-3-9-15-20)26-24(28)22(18-10-4-1-5-11-18)19-12-6-2-7-13-19/h1-15,21-22H,16-17H2,(H2,25,27)(H,26,28)/t21-/m1/s1. The van der Waals surface area contributed by atoms with Gasteiger partial charge in [0.1, 0.15) is 6.04 Å². The minimum absolute atomic E-state index is 0.116. The van der Waals surface area contributed by atoms with Gasteiger partial charge < -0.3 is 11.1 Å². The van der Waals surface area contributed by atoms with E-state index in [1.807, 2.05) is 60.7 Å². The van der Waals surface area contributed by atoms with Crippen LogP contribution in [0.5, 0.6) is 0 Å². The number of nitrogens with two attached hydrogens (primary N) is 1. The molecular weight excluding hydrogens is 412 g/mol. The summed E-state index contributed by atoms with van der Waals surface area (Å²) in [5.74, 6) is -2.17. The SMILES string of the molecule is NC(=O)[C@@H](CCS(=O)(=O)c1ccccc1)NC(=O)C(c1ccccc1)c1ccccc1. The Kier molecular flexibility index (Phi) is 7.20. The van der Waals surface area contributed by atoms with E-state index in [-0.39, 0.29) is 17.1 Å². The van der Waals surface area contributed by atoms with E-state index in [4.69, 9.17) is 5.73 Å². The maximum atomic E-state index is 13.2. The third kappa shape index (κ3) is 5.79. The van der Waals surface area contributed by atoms with Crippen LogP contribution in [-0.2, 0) is 19.4 Å². The summed E-state index contributed by atoms with van der Waals surface area (Å²) in [4.78, 5) is 25.3. The third-order valence-corrected chi connectivity index (χ3v) is 6.73. The fraction of sp³-hybridized carbons (Fsp3) is 0.167. The van der Waals surface area contributed by atoms with E-state index in [0.29, 0.717) is 0 Å². The van der Waals surface area contributed by atoms with Crippen LogP contribution in [0.15, 0.2) is 95.9 Å². The van der Waals surface area contributed by atoms with Crippen molar-refractivity contribution < 1.29 is 18.0 Å². The van der Waals surface area contributed by atoms with Crippen LogP contribution in [0.4, 0.5) is 0 Å². The Hall–Kier alpha value is -3.45. The lowest BCUT2D eigenvalue weighted by Crippen LogP contribution is -2.47. The first kappa shape index (κ1) is 22.2. The van der Waals surface area contributed by atoms with Gasteiger partial charge in [-0.2, -0.15) is 0 Å². The molecule has 0 aliphatic rings. The number of primary amides is 1. The minimum atomic E-state index is -3.61. The summed E-state index contributed by atoms with van der Waals surface area (Å²) in [7, 11) is -3.61. The number of hydrogen-bond donors (Lipinski definition) is 2. The molecule has 0 saturated carbocycles. The van der Waals surface area contributed by atoms with E-state index in [0.717, 1.165) is 11.1 Å². The normalized spacial score (nSPS) is 12.3. The summed E-state index contributed by atoms with van der Waals surface area (Å²) < 4.78 is 25.1. The average molecular weight is 437 g/mol. The molecule has 7 heteroatoms. The highest BCUT2D eigenvalue weighted by Gasteiger charge is 2.28. The van der Waals surface area contributed by atoms with Crippen molar-refractivity contribution in [3.05, 3.63) is 102 Å². The van der Waals surface area contributed by atoms with E-state index >= 15 is 0 Å². The highest BCUT2D eigenvalue weighted by molar-refractivity contribution is 7.91. The number of carbonyl (C=O) groups excluding carboxylic acids is 2. The van der Waals surface area contributed by atoms with Crippen molar-refractivity contribution >= 4 is 21.7 Å². The second-order valence-corrected chi connectivity index (χ2v) is 9.25. The number of rotatable bonds is 9. The number of amides is 2. The highest BCUT2D eigenvalue weighted by Crippen LogP contribution is 2.25. The van der Waals surface area contributed by atoms with Crippen molar-refractivity contribution in [1.82, 2.24) is 5.32 Å². The first-order chi connectivity index (χ1) is 14.9. The maximum Gasteiger partial charge on any atom is 0.240 e. The first-order valence-electron chi connectivity index (χ1n) is 9.86. The fourth-order valence-corrected chi connectivity index (χ4v) is 4.70. The van der Waals surface area contributed by atoms with Crippen molar-refractivity contribution in [2.24, 2.45) is 5.73 Å². The Morgan fingerprint density at radius 2 is 1.23 bits per heavy atom. The summed E-state index contributed by atoms with van der Waals surface area (Å²) in [5.41, 5.74) is 6.99. The predicted molar refractivity (Wildman–Crippen MR) is 119 cm³/mol. The van der Waals surface area contributed by atoms with E-state index in [9.17, 15) is 18.0 Å². The smallest absolute Gasteiger partial charge is 0.240 e. The summed E-state index contributed by atoms with van der Waals surface area (Å²) in [5, 5.41) is 2.66. The molecule has 0 heterocycles. The van der Waals surface area contributed by atoms with Crippen LogP contribution in [0, 0.1) is 0 Å². The molecule has 31 heavy (non-hydrogen) atoms. The lowest BCUT2D eigenvalue weighted by atomic mass is 9.90. The van der Waals surface area contributed by atoms with Crippen LogP contribution in [-0.4, -0.2) is 32.0 Å². The van der Waals surface area contributed by atoms with Gasteiger partial charge in [-0.3, -0.25) is 9.59 Å². The van der Waals surface area contributed by atoms with E-state index in [2.05, 4.69) is 5.32 Å². The topological polar surface area (TPSA) is 106 Å². The molecule has 0 saturated heterocycles. The second kappa shape index (κ2) is 10.0. The van der Waals surface area contributed by atoms with Crippen molar-refractivity contribution in [3.63, 3.8) is 0 Å². The number of hydrogen-bond acceptors (Lipinski definition) is 4. The van der Waals surface area contributed by atoms with Crippen LogP contribution in [0.2, 0.25) is 0 Å². The Morgan fingerprint density at radius 1 is 0.774 bits per heavy atom. The zero-order valence-electron chi connectivity index (χ0n) is 16.8. The van der Waals surface area contributed by atoms with E-state index in [1.165, 1.54) is 12.1 Å². The minimum Gasteiger partial charge on any atom is -0.368 e. The van der Waals surface area contributed by atoms with Gasteiger partial charge in [-0.25, -0.2) is 8.42 Å². The molecule has 3 rings (SSSR count). The quantitative estimate of drug-likeness (QED) is 0.538. The van der Waals surface area contributed by atoms with Crippen LogP contribution < -0.4 is 11.1 Å². The van der Waals surface area contributed by atoms with Crippen molar-refractivity contribution in [2.45, 2.75) is 23.3 Å². The molecule has 0 bridgehead atoms. The lowest BCUT2D eigenvalue weighted by Gasteiger charge is -2.22. The molecule has 1 atom stereocenters. The van der Waals surface area contributed by atoms with Gasteiger partial charge in [-0.15, -0.1) is 0 Å². The monoisotopic (exact) mass is 436 g/mol. The van der Waals surface area contributed by atoms with Gasteiger partial charge in [0.05, 0.1) is 16.6 Å². The summed E-state index contributed by atoms with van der Waals surface area (Å²) in [6, 6.07) is 25.2. The third-order valence-electron chi connectivity index (χ3n) is 4.97. The lowest BCUT2D eigenvalue weighted by molar-refractivity contribution is -0.127. The average Bonchev–Trinajstić information content (AvgIpc) is 2.78. The number of sulfone groups is 1. The molecule has 3 aromatic rings. The Labute approximate surface area is 182 Å². The largest absolute Gasteiger partial charge is 0.368 e. The zero-order chi connectivity index (χ0) is 22.3. The first-order valence-corrected chi connectivity index (χ1v) is 11.5. The van der Waals surface area contributed by atoms with Gasteiger partial charge in [-0.05, 0) is 29.7 Å². The molecule has 0 unspecified atom stereocenters. The summed E-state index contributed by atoms with van der Waals surface area (Å²) in [6.07, 6.45) is -0.116. The Balaban J connectivity index is 1.79. The molecule has 0 radical (unpaired) electrons. The van der Waals surface area contributed by atoms with Crippen molar-refractivity contribution in [2.75, 3.05) is 5.75 Å². The zero-order valence-corrected chi connectivity index (χ0v) is 17.7. The molecule has 0 spiro atoms. The van der Waals surface area contributed by atoms with Crippen molar-refractivity contribution in [3.8, 4) is 0 Å². The highest BCUT2D eigenvalue weighted by atomic mass is 32.2. The number of benzene rings is 3. The number of carbonyl (C=O) groups is 2. The van der Waals surface area contributed by atoms with E-state index in [1.54, 1.807) is 18.2 Å². The van der Waals surface area contributed by atoms with Crippen LogP contribution in [0.1, 0.15) is 23.5 Å². The van der Waals surface area contributed by atoms with Gasteiger partial charge in [0.2, 0.25) is 11.8 Å². The molecule has 0 aromatic heterocycles. The van der Waals surface area contributed by atoms with E-state index < -0.39 is 33.6 Å². The van der Waals surface area contributed by atoms with Crippen LogP contribution in [0.3, 0.4) is 0 Å². The molecule has 160 valence electrons. The molecule has 3 aromatic carbocycles. The molecule has 0 aliphatic carbocycles. The van der Waals surface area contributed by atoms with Gasteiger partial charge in [0, 0.05) is 0 Å². The molecule has 0 fully saturated rings. The Morgan fingerprint density at radius 3 is 1.68 bits per heavy atom. The summed E-state index contributed by atoms with van der Waals surface area (Å²) >= 11 is 0. The van der Waals surface area contributed by atoms with Crippen molar-refractivity contribution in [1.29, 1.82) is 0 Å². The van der Waals surface area contributed by atoms with Gasteiger partial charge >= 0.3 is 0 Å². The molecule has 6 nitrogen and oxygen atoms in total. The van der Waals surface area contributed by atoms with Crippen LogP contribution in [0.25, 0.3) is 0 Å². The Bertz CT molecular complexity index is 1080. The molecular formula is C24H24N2O4S. The second-order valence-electron chi connectivity index (χ2n) is 7.14. The fourth-order valence-electron chi connectivity index (χ4n) is 3.35. The predicted octanol–water partition coefficient (Wildman–Crippen LogP) is 2.65. The van der Waals surface area contributed by atoms with Crippen LogP contribution >= 0.6 is 0 Å². The van der Waals surface area contributed by atoms with Gasteiger partial charge in [0.15, 0.2) is 9.84 Å².